The van der Waals surface area contributed by atoms with Crippen molar-refractivity contribution in [1.82, 2.24) is 0 Å². The van der Waals surface area contributed by atoms with Crippen LogP contribution in [0.1, 0.15) is 27.2 Å². The van der Waals surface area contributed by atoms with Gasteiger partial charge in [-0.05, 0) is 20.3 Å². The van der Waals surface area contributed by atoms with Crippen molar-refractivity contribution < 1.29 is 9.47 Å². The van der Waals surface area contributed by atoms with Crippen LogP contribution in [0.15, 0.2) is 5.18 Å². The largest absolute Gasteiger partial charge is 0.348 e. The van der Waals surface area contributed by atoms with E-state index in [0.717, 1.165) is 6.42 Å². The van der Waals surface area contributed by atoms with Crippen LogP contribution in [-0.2, 0) is 9.47 Å². The maximum absolute atomic E-state index is 10.1. The Morgan fingerprint density at radius 3 is 2.69 bits per heavy atom. The third-order valence-corrected chi connectivity index (χ3v) is 2.39. The van der Waals surface area contributed by atoms with E-state index in [1.54, 1.807) is 0 Å². The van der Waals surface area contributed by atoms with E-state index in [-0.39, 0.29) is 12.0 Å². The lowest BCUT2D eigenvalue weighted by molar-refractivity contribution is -0.144. The summed E-state index contributed by atoms with van der Waals surface area (Å²) in [5.74, 6) is -0.305. The van der Waals surface area contributed by atoms with Gasteiger partial charge in [0.2, 0.25) is 0 Å². The lowest BCUT2D eigenvalue weighted by atomic mass is 10.0. The first-order valence-electron chi connectivity index (χ1n) is 4.70. The number of ether oxygens (including phenoxy) is 2. The molecule has 76 valence electrons. The molecule has 0 aromatic carbocycles. The van der Waals surface area contributed by atoms with Gasteiger partial charge in [-0.1, -0.05) is 12.1 Å². The standard InChI is InChI=1S/C9H17NO3/c1-4-7(5-10-11)8-6-12-9(2,3)13-8/h7-8H,4-6H2,1-3H3/t7-,8+/m0/s1. The molecule has 0 amide bonds. The summed E-state index contributed by atoms with van der Waals surface area (Å²) < 4.78 is 11.0. The van der Waals surface area contributed by atoms with Gasteiger partial charge in [-0.15, -0.1) is 0 Å². The van der Waals surface area contributed by atoms with Crippen LogP contribution < -0.4 is 0 Å². The molecule has 1 saturated heterocycles. The van der Waals surface area contributed by atoms with Crippen molar-refractivity contribution >= 4 is 0 Å². The van der Waals surface area contributed by atoms with E-state index < -0.39 is 5.79 Å². The lowest BCUT2D eigenvalue weighted by Crippen LogP contribution is -2.28. The van der Waals surface area contributed by atoms with E-state index >= 15 is 0 Å². The highest BCUT2D eigenvalue weighted by Crippen LogP contribution is 2.28. The molecule has 2 atom stereocenters. The summed E-state index contributed by atoms with van der Waals surface area (Å²) >= 11 is 0. The molecule has 0 aliphatic carbocycles. The first-order chi connectivity index (χ1) is 6.09. The van der Waals surface area contributed by atoms with Gasteiger partial charge >= 0.3 is 0 Å². The van der Waals surface area contributed by atoms with Crippen LogP contribution in [-0.4, -0.2) is 25.0 Å². The molecule has 4 nitrogen and oxygen atoms in total. The highest BCUT2D eigenvalue weighted by Gasteiger charge is 2.36. The van der Waals surface area contributed by atoms with Gasteiger partial charge in [0.15, 0.2) is 5.79 Å². The number of nitrogens with zero attached hydrogens (tertiary/aromatic N) is 1. The molecule has 1 heterocycles. The van der Waals surface area contributed by atoms with Crippen LogP contribution in [0.5, 0.6) is 0 Å². The Balaban J connectivity index is 2.47. The molecule has 0 aromatic heterocycles. The van der Waals surface area contributed by atoms with E-state index in [4.69, 9.17) is 9.47 Å². The first-order valence-corrected chi connectivity index (χ1v) is 4.70. The Kier molecular flexibility index (Phi) is 3.39. The van der Waals surface area contributed by atoms with Crippen molar-refractivity contribution in [2.24, 2.45) is 11.1 Å². The Bertz CT molecular complexity index is 182. The molecule has 0 N–H and O–H groups in total. The molecule has 0 spiro atoms. The van der Waals surface area contributed by atoms with E-state index in [1.807, 2.05) is 20.8 Å². The second kappa shape index (κ2) is 4.15. The van der Waals surface area contributed by atoms with Crippen molar-refractivity contribution in [3.05, 3.63) is 4.91 Å². The lowest BCUT2D eigenvalue weighted by Gasteiger charge is -2.21. The summed E-state index contributed by atoms with van der Waals surface area (Å²) in [6.45, 7) is 6.69. The minimum Gasteiger partial charge on any atom is -0.348 e. The molecule has 13 heavy (non-hydrogen) atoms. The summed E-state index contributed by atoms with van der Waals surface area (Å²) in [6, 6.07) is 0. The van der Waals surface area contributed by atoms with Crippen molar-refractivity contribution in [3.63, 3.8) is 0 Å². The minimum absolute atomic E-state index is 0.0256. The van der Waals surface area contributed by atoms with E-state index in [9.17, 15) is 4.91 Å². The predicted molar refractivity (Wildman–Crippen MR) is 49.3 cm³/mol. The highest BCUT2D eigenvalue weighted by molar-refractivity contribution is 4.78. The molecule has 0 bridgehead atoms. The third kappa shape index (κ3) is 2.74. The molecule has 0 radical (unpaired) electrons. The summed E-state index contributed by atoms with van der Waals surface area (Å²) in [6.07, 6.45) is 0.924. The van der Waals surface area contributed by atoms with Crippen LogP contribution in [0.25, 0.3) is 0 Å². The summed E-state index contributed by atoms with van der Waals surface area (Å²) in [5.41, 5.74) is 0. The van der Waals surface area contributed by atoms with Crippen LogP contribution in [0.3, 0.4) is 0 Å². The average Bonchev–Trinajstić information content (AvgIpc) is 2.42. The molecule has 0 saturated carbocycles. The normalized spacial score (nSPS) is 28.7. The van der Waals surface area contributed by atoms with Gasteiger partial charge in [0, 0.05) is 5.92 Å². The van der Waals surface area contributed by atoms with Gasteiger partial charge in [-0.25, -0.2) is 0 Å². The molecular formula is C9H17NO3. The molecule has 0 aromatic rings. The maximum atomic E-state index is 10.1. The first kappa shape index (κ1) is 10.6. The monoisotopic (exact) mass is 187 g/mol. The van der Waals surface area contributed by atoms with Gasteiger partial charge in [0.25, 0.3) is 0 Å². The van der Waals surface area contributed by atoms with Gasteiger partial charge in [-0.2, -0.15) is 4.91 Å². The minimum atomic E-state index is -0.499. The molecule has 1 aliphatic heterocycles. The predicted octanol–water partition coefficient (Wildman–Crippen LogP) is 1.93. The Morgan fingerprint density at radius 2 is 2.31 bits per heavy atom. The van der Waals surface area contributed by atoms with Crippen LogP contribution in [0.4, 0.5) is 0 Å². The molecule has 1 fully saturated rings. The molecular weight excluding hydrogens is 170 g/mol. The van der Waals surface area contributed by atoms with Crippen molar-refractivity contribution in [3.8, 4) is 0 Å². The third-order valence-electron chi connectivity index (χ3n) is 2.39. The molecule has 4 heteroatoms. The fourth-order valence-corrected chi connectivity index (χ4v) is 1.55. The fourth-order valence-electron chi connectivity index (χ4n) is 1.55. The number of hydrogen-bond acceptors (Lipinski definition) is 4. The van der Waals surface area contributed by atoms with Gasteiger partial charge in [0.05, 0.1) is 19.3 Å². The zero-order valence-electron chi connectivity index (χ0n) is 8.45. The second-order valence-electron chi connectivity index (χ2n) is 3.85. The molecule has 1 rings (SSSR count). The van der Waals surface area contributed by atoms with Crippen LogP contribution in [0.2, 0.25) is 0 Å². The summed E-state index contributed by atoms with van der Waals surface area (Å²) in [7, 11) is 0. The van der Waals surface area contributed by atoms with E-state index in [0.29, 0.717) is 13.2 Å². The Labute approximate surface area is 78.6 Å². The zero-order valence-corrected chi connectivity index (χ0v) is 8.45. The van der Waals surface area contributed by atoms with Crippen molar-refractivity contribution in [1.29, 1.82) is 0 Å². The van der Waals surface area contributed by atoms with E-state index in [2.05, 4.69) is 5.18 Å². The number of rotatable bonds is 4. The quantitative estimate of drug-likeness (QED) is 0.632. The Morgan fingerprint density at radius 1 is 1.62 bits per heavy atom. The molecule has 1 aliphatic rings. The second-order valence-corrected chi connectivity index (χ2v) is 3.85. The van der Waals surface area contributed by atoms with Crippen LogP contribution >= 0.6 is 0 Å². The van der Waals surface area contributed by atoms with Gasteiger partial charge in [0.1, 0.15) is 0 Å². The van der Waals surface area contributed by atoms with Crippen LogP contribution in [0, 0.1) is 10.8 Å². The molecule has 0 unspecified atom stereocenters. The smallest absolute Gasteiger partial charge is 0.163 e. The SMILES string of the molecule is CC[C@@H](CN=O)[C@H]1COC(C)(C)O1. The summed E-state index contributed by atoms with van der Waals surface area (Å²) in [4.78, 5) is 10.1. The van der Waals surface area contributed by atoms with Crippen molar-refractivity contribution in [2.75, 3.05) is 13.2 Å². The Hall–Kier alpha value is -0.480. The highest BCUT2D eigenvalue weighted by atomic mass is 16.7. The average molecular weight is 187 g/mol. The summed E-state index contributed by atoms with van der Waals surface area (Å²) in [5, 5.41) is 2.91. The maximum Gasteiger partial charge on any atom is 0.163 e. The van der Waals surface area contributed by atoms with E-state index in [1.165, 1.54) is 0 Å². The van der Waals surface area contributed by atoms with Gasteiger partial charge in [-0.3, -0.25) is 0 Å². The topological polar surface area (TPSA) is 47.9 Å². The van der Waals surface area contributed by atoms with Gasteiger partial charge < -0.3 is 9.47 Å². The zero-order chi connectivity index (χ0) is 9.90. The number of hydrogen-bond donors (Lipinski definition) is 0. The fraction of sp³-hybridized carbons (Fsp3) is 1.00. The number of nitroso groups, excluding NO2 is 1. The van der Waals surface area contributed by atoms with Crippen molar-refractivity contribution in [2.45, 2.75) is 39.1 Å².